The number of nitro benzene ring substituents is 1. The van der Waals surface area contributed by atoms with Gasteiger partial charge in [-0.25, -0.2) is 0 Å². The largest absolute Gasteiger partial charge is 0.490 e. The van der Waals surface area contributed by atoms with Crippen molar-refractivity contribution < 1.29 is 14.2 Å². The molecule has 21 heavy (non-hydrogen) atoms. The first-order valence-corrected chi connectivity index (χ1v) is 6.37. The Morgan fingerprint density at radius 3 is 2.90 bits per heavy atom. The van der Waals surface area contributed by atoms with Gasteiger partial charge in [-0.2, -0.15) is 4.98 Å². The van der Waals surface area contributed by atoms with E-state index in [4.69, 9.17) is 9.26 Å². The zero-order valence-corrected chi connectivity index (χ0v) is 12.0. The molecule has 8 heteroatoms. The molecule has 0 amide bonds. The van der Waals surface area contributed by atoms with E-state index in [0.29, 0.717) is 17.8 Å². The van der Waals surface area contributed by atoms with Crippen molar-refractivity contribution in [2.24, 2.45) is 0 Å². The van der Waals surface area contributed by atoms with Gasteiger partial charge in [0.15, 0.2) is 11.6 Å². The topological polar surface area (TPSA) is 103 Å². The molecule has 1 heterocycles. The van der Waals surface area contributed by atoms with Crippen molar-refractivity contribution >= 4 is 5.69 Å². The Morgan fingerprint density at radius 1 is 1.52 bits per heavy atom. The average molecular weight is 292 g/mol. The second kappa shape index (κ2) is 6.31. The summed E-state index contributed by atoms with van der Waals surface area (Å²) in [6, 6.07) is 4.72. The van der Waals surface area contributed by atoms with Crippen LogP contribution in [0.25, 0.3) is 11.5 Å². The number of rotatable bonds is 6. The Kier molecular flexibility index (Phi) is 4.49. The maximum absolute atomic E-state index is 11.0. The van der Waals surface area contributed by atoms with Gasteiger partial charge in [-0.1, -0.05) is 5.16 Å². The summed E-state index contributed by atoms with van der Waals surface area (Å²) in [6.45, 7) is 1.99. The fourth-order valence-electron chi connectivity index (χ4n) is 1.80. The van der Waals surface area contributed by atoms with Gasteiger partial charge in [0.25, 0.3) is 5.89 Å². The SMILES string of the molecule is CNC(C)Cc1noc(-c2ccc(OC)c([N+](=O)[O-])c2)n1. The van der Waals surface area contributed by atoms with Gasteiger partial charge in [-0.15, -0.1) is 0 Å². The first-order chi connectivity index (χ1) is 10.0. The highest BCUT2D eigenvalue weighted by Crippen LogP contribution is 2.31. The number of likely N-dealkylation sites (N-methyl/N-ethyl adjacent to an activating group) is 1. The lowest BCUT2D eigenvalue weighted by Crippen LogP contribution is -2.24. The zero-order chi connectivity index (χ0) is 15.4. The molecule has 8 nitrogen and oxygen atoms in total. The van der Waals surface area contributed by atoms with Crippen molar-refractivity contribution in [3.05, 3.63) is 34.1 Å². The molecule has 1 unspecified atom stereocenters. The Hall–Kier alpha value is -2.48. The molecule has 1 aromatic carbocycles. The fourth-order valence-corrected chi connectivity index (χ4v) is 1.80. The van der Waals surface area contributed by atoms with Crippen LogP contribution in [-0.2, 0) is 6.42 Å². The van der Waals surface area contributed by atoms with Crippen LogP contribution in [0.1, 0.15) is 12.7 Å². The third kappa shape index (κ3) is 3.34. The summed E-state index contributed by atoms with van der Waals surface area (Å²) in [5.41, 5.74) is 0.344. The van der Waals surface area contributed by atoms with E-state index in [-0.39, 0.29) is 23.4 Å². The first-order valence-electron chi connectivity index (χ1n) is 6.37. The van der Waals surface area contributed by atoms with Crippen molar-refractivity contribution in [2.45, 2.75) is 19.4 Å². The molecule has 1 N–H and O–H groups in total. The van der Waals surface area contributed by atoms with Gasteiger partial charge in [0.05, 0.1) is 12.0 Å². The number of nitrogens with one attached hydrogen (secondary N) is 1. The van der Waals surface area contributed by atoms with Crippen LogP contribution in [0.3, 0.4) is 0 Å². The van der Waals surface area contributed by atoms with Gasteiger partial charge in [0.2, 0.25) is 0 Å². The van der Waals surface area contributed by atoms with Crippen LogP contribution in [-0.4, -0.2) is 35.3 Å². The van der Waals surface area contributed by atoms with Gasteiger partial charge < -0.3 is 14.6 Å². The summed E-state index contributed by atoms with van der Waals surface area (Å²) < 4.78 is 10.1. The number of benzene rings is 1. The van der Waals surface area contributed by atoms with Crippen molar-refractivity contribution in [2.75, 3.05) is 14.2 Å². The number of aromatic nitrogens is 2. The molecule has 0 aliphatic heterocycles. The molecule has 0 saturated carbocycles. The minimum atomic E-state index is -0.511. The first kappa shape index (κ1) is 14.9. The minimum Gasteiger partial charge on any atom is -0.490 e. The molecule has 1 aromatic heterocycles. The molecule has 1 atom stereocenters. The molecule has 0 aliphatic carbocycles. The second-order valence-corrected chi connectivity index (χ2v) is 4.55. The van der Waals surface area contributed by atoms with E-state index in [2.05, 4.69) is 15.5 Å². The van der Waals surface area contributed by atoms with Crippen LogP contribution < -0.4 is 10.1 Å². The van der Waals surface area contributed by atoms with E-state index < -0.39 is 4.92 Å². The Labute approximate surface area is 121 Å². The number of methoxy groups -OCH3 is 1. The minimum absolute atomic E-state index is 0.140. The van der Waals surface area contributed by atoms with Crippen molar-refractivity contribution in [1.29, 1.82) is 0 Å². The zero-order valence-electron chi connectivity index (χ0n) is 12.0. The lowest BCUT2D eigenvalue weighted by atomic mass is 10.2. The third-order valence-electron chi connectivity index (χ3n) is 3.07. The molecular formula is C13H16N4O4. The van der Waals surface area contributed by atoms with E-state index in [1.165, 1.54) is 19.2 Å². The van der Waals surface area contributed by atoms with Crippen molar-refractivity contribution in [3.63, 3.8) is 0 Å². The van der Waals surface area contributed by atoms with E-state index in [9.17, 15) is 10.1 Å². The van der Waals surface area contributed by atoms with Crippen LogP contribution in [0.2, 0.25) is 0 Å². The van der Waals surface area contributed by atoms with Gasteiger partial charge >= 0.3 is 5.69 Å². The Morgan fingerprint density at radius 2 is 2.29 bits per heavy atom. The predicted octanol–water partition coefficient (Wildman–Crippen LogP) is 1.80. The van der Waals surface area contributed by atoms with Gasteiger partial charge in [-0.05, 0) is 26.1 Å². The molecule has 0 radical (unpaired) electrons. The molecule has 0 saturated heterocycles. The van der Waals surface area contributed by atoms with Crippen LogP contribution in [0.15, 0.2) is 22.7 Å². The van der Waals surface area contributed by atoms with Crippen molar-refractivity contribution in [1.82, 2.24) is 15.5 Å². The molecular weight excluding hydrogens is 276 g/mol. The number of hydrogen-bond acceptors (Lipinski definition) is 7. The predicted molar refractivity (Wildman–Crippen MR) is 75.2 cm³/mol. The summed E-state index contributed by atoms with van der Waals surface area (Å²) in [6.07, 6.45) is 0.609. The molecule has 2 rings (SSSR count). The van der Waals surface area contributed by atoms with Gasteiger partial charge in [0, 0.05) is 24.1 Å². The fraction of sp³-hybridized carbons (Fsp3) is 0.385. The van der Waals surface area contributed by atoms with Crippen LogP contribution in [0.5, 0.6) is 5.75 Å². The summed E-state index contributed by atoms with van der Waals surface area (Å²) in [5.74, 6) is 0.983. The van der Waals surface area contributed by atoms with E-state index >= 15 is 0 Å². The summed E-state index contributed by atoms with van der Waals surface area (Å²) in [4.78, 5) is 14.7. The highest BCUT2D eigenvalue weighted by Gasteiger charge is 2.19. The quantitative estimate of drug-likeness (QED) is 0.639. The molecule has 0 aliphatic rings. The molecule has 112 valence electrons. The highest BCUT2D eigenvalue weighted by molar-refractivity contribution is 5.62. The Balaban J connectivity index is 2.30. The number of hydrogen-bond donors (Lipinski definition) is 1. The summed E-state index contributed by atoms with van der Waals surface area (Å²) in [7, 11) is 3.23. The van der Waals surface area contributed by atoms with Crippen LogP contribution in [0.4, 0.5) is 5.69 Å². The van der Waals surface area contributed by atoms with Gasteiger partial charge in [-0.3, -0.25) is 10.1 Å². The summed E-state index contributed by atoms with van der Waals surface area (Å²) >= 11 is 0. The summed E-state index contributed by atoms with van der Waals surface area (Å²) in [5, 5.41) is 17.9. The standard InChI is InChI=1S/C13H16N4O4/c1-8(14-2)6-12-15-13(21-16-12)9-4-5-11(20-3)10(7-9)17(18)19/h4-5,7-8,14H,6H2,1-3H3. The molecule has 2 aromatic rings. The number of nitro groups is 1. The smallest absolute Gasteiger partial charge is 0.311 e. The molecule has 0 bridgehead atoms. The second-order valence-electron chi connectivity index (χ2n) is 4.55. The maximum atomic E-state index is 11.0. The monoisotopic (exact) mass is 292 g/mol. The molecule has 0 fully saturated rings. The normalized spacial score (nSPS) is 12.1. The molecule has 0 spiro atoms. The van der Waals surface area contributed by atoms with Crippen molar-refractivity contribution in [3.8, 4) is 17.2 Å². The number of ether oxygens (including phenoxy) is 1. The van der Waals surface area contributed by atoms with Crippen LogP contribution in [0, 0.1) is 10.1 Å². The third-order valence-corrected chi connectivity index (χ3v) is 3.07. The van der Waals surface area contributed by atoms with Gasteiger partial charge in [0.1, 0.15) is 0 Å². The average Bonchev–Trinajstić information content (AvgIpc) is 2.94. The van der Waals surface area contributed by atoms with Crippen LogP contribution >= 0.6 is 0 Å². The number of nitrogens with zero attached hydrogens (tertiary/aromatic N) is 3. The highest BCUT2D eigenvalue weighted by atomic mass is 16.6. The lowest BCUT2D eigenvalue weighted by Gasteiger charge is -2.04. The van der Waals surface area contributed by atoms with E-state index in [1.807, 2.05) is 14.0 Å². The maximum Gasteiger partial charge on any atom is 0.311 e. The Bertz CT molecular complexity index is 641. The van der Waals surface area contributed by atoms with E-state index in [1.54, 1.807) is 6.07 Å². The van der Waals surface area contributed by atoms with E-state index in [0.717, 1.165) is 0 Å². The lowest BCUT2D eigenvalue weighted by molar-refractivity contribution is -0.385.